The van der Waals surface area contributed by atoms with Gasteiger partial charge in [-0.2, -0.15) is 0 Å². The highest BCUT2D eigenvalue weighted by atomic mass is 35.5. The van der Waals surface area contributed by atoms with E-state index >= 15 is 0 Å². The largest absolute Gasteiger partial charge is 0.478 e. The fourth-order valence-corrected chi connectivity index (χ4v) is 4.61. The number of nitrogens with one attached hydrogen (secondary N) is 1. The van der Waals surface area contributed by atoms with E-state index in [2.05, 4.69) is 9.71 Å². The van der Waals surface area contributed by atoms with Crippen LogP contribution in [-0.4, -0.2) is 24.5 Å². The van der Waals surface area contributed by atoms with Crippen LogP contribution in [0.3, 0.4) is 0 Å². The fraction of sp³-hybridized carbons (Fsp3) is 0.0909. The molecule has 2 rings (SSSR count). The van der Waals surface area contributed by atoms with Gasteiger partial charge < -0.3 is 5.11 Å². The van der Waals surface area contributed by atoms with E-state index in [1.165, 1.54) is 24.4 Å². The first kappa shape index (κ1) is 16.2. The van der Waals surface area contributed by atoms with Crippen LogP contribution in [0.5, 0.6) is 0 Å². The SMILES string of the molecule is O=C(O)c1ccnc(CNS(=O)(=O)c2cc(Cl)sc2Cl)c1. The summed E-state index contributed by atoms with van der Waals surface area (Å²) < 4.78 is 26.7. The van der Waals surface area contributed by atoms with E-state index in [9.17, 15) is 13.2 Å². The van der Waals surface area contributed by atoms with E-state index in [1.807, 2.05) is 0 Å². The van der Waals surface area contributed by atoms with Crippen molar-refractivity contribution in [3.63, 3.8) is 0 Å². The average molecular weight is 367 g/mol. The normalized spacial score (nSPS) is 11.5. The smallest absolute Gasteiger partial charge is 0.335 e. The molecule has 0 aliphatic carbocycles. The number of sulfonamides is 1. The van der Waals surface area contributed by atoms with Crippen LogP contribution in [0, 0.1) is 0 Å². The molecule has 0 aliphatic rings. The summed E-state index contributed by atoms with van der Waals surface area (Å²) >= 11 is 12.5. The second kappa shape index (κ2) is 6.29. The first-order valence-electron chi connectivity index (χ1n) is 5.42. The third-order valence-electron chi connectivity index (χ3n) is 2.42. The minimum Gasteiger partial charge on any atom is -0.478 e. The topological polar surface area (TPSA) is 96.4 Å². The van der Waals surface area contributed by atoms with Crippen molar-refractivity contribution >= 4 is 50.5 Å². The Hall–Kier alpha value is -1.19. The van der Waals surface area contributed by atoms with Crippen LogP contribution in [0.15, 0.2) is 29.3 Å². The average Bonchev–Trinajstić information content (AvgIpc) is 2.77. The van der Waals surface area contributed by atoms with Gasteiger partial charge in [-0.25, -0.2) is 17.9 Å². The molecule has 0 amide bonds. The molecule has 0 aliphatic heterocycles. The molecule has 0 saturated heterocycles. The zero-order valence-electron chi connectivity index (χ0n) is 10.2. The summed E-state index contributed by atoms with van der Waals surface area (Å²) in [6.07, 6.45) is 1.29. The van der Waals surface area contributed by atoms with Crippen molar-refractivity contribution < 1.29 is 18.3 Å². The van der Waals surface area contributed by atoms with Crippen LogP contribution in [0.25, 0.3) is 0 Å². The van der Waals surface area contributed by atoms with Crippen molar-refractivity contribution in [1.82, 2.24) is 9.71 Å². The Balaban J connectivity index is 2.17. The van der Waals surface area contributed by atoms with Crippen LogP contribution in [-0.2, 0) is 16.6 Å². The number of hydrogen-bond acceptors (Lipinski definition) is 5. The monoisotopic (exact) mass is 366 g/mol. The molecule has 0 bridgehead atoms. The molecular weight excluding hydrogens is 359 g/mol. The van der Waals surface area contributed by atoms with Crippen molar-refractivity contribution in [2.45, 2.75) is 11.4 Å². The quantitative estimate of drug-likeness (QED) is 0.847. The number of aromatic carboxylic acids is 1. The van der Waals surface area contributed by atoms with Gasteiger partial charge in [-0.1, -0.05) is 23.2 Å². The maximum Gasteiger partial charge on any atom is 0.335 e. The molecule has 2 N–H and O–H groups in total. The minimum atomic E-state index is -3.84. The molecule has 2 heterocycles. The van der Waals surface area contributed by atoms with E-state index in [-0.39, 0.29) is 31.4 Å². The predicted octanol–water partition coefficient (Wildman–Crippen LogP) is 2.63. The third kappa shape index (κ3) is 3.92. The Bertz CT molecular complexity index is 789. The molecule has 2 aromatic heterocycles. The van der Waals surface area contributed by atoms with Crippen molar-refractivity contribution in [2.24, 2.45) is 0 Å². The molecule has 0 aromatic carbocycles. The number of carboxylic acid groups (broad SMARTS) is 1. The van der Waals surface area contributed by atoms with Gasteiger partial charge >= 0.3 is 5.97 Å². The Labute approximate surface area is 134 Å². The van der Waals surface area contributed by atoms with E-state index in [4.69, 9.17) is 28.3 Å². The number of nitrogens with zero attached hydrogens (tertiary/aromatic N) is 1. The summed E-state index contributed by atoms with van der Waals surface area (Å²) in [6, 6.07) is 3.85. The van der Waals surface area contributed by atoms with Gasteiger partial charge in [0.05, 0.1) is 22.1 Å². The van der Waals surface area contributed by atoms with Crippen LogP contribution in [0.2, 0.25) is 8.67 Å². The van der Waals surface area contributed by atoms with Crippen LogP contribution in [0.4, 0.5) is 0 Å². The molecule has 10 heteroatoms. The molecule has 112 valence electrons. The molecule has 0 atom stereocenters. The molecule has 21 heavy (non-hydrogen) atoms. The number of carbonyl (C=O) groups is 1. The molecule has 0 unspecified atom stereocenters. The maximum absolute atomic E-state index is 12.1. The van der Waals surface area contributed by atoms with Gasteiger partial charge in [-0.05, 0) is 18.2 Å². The number of pyridine rings is 1. The van der Waals surface area contributed by atoms with E-state index in [0.717, 1.165) is 11.3 Å². The summed E-state index contributed by atoms with van der Waals surface area (Å²) in [5.74, 6) is -1.12. The highest BCUT2D eigenvalue weighted by Gasteiger charge is 2.21. The summed E-state index contributed by atoms with van der Waals surface area (Å²) in [7, 11) is -3.84. The standard InChI is InChI=1S/C11H8Cl2N2O4S2/c12-9-4-8(10(13)20-9)21(18,19)15-5-7-3-6(11(16)17)1-2-14-7/h1-4,15H,5H2,(H,16,17). The Morgan fingerprint density at radius 2 is 2.10 bits per heavy atom. The lowest BCUT2D eigenvalue weighted by molar-refractivity contribution is 0.0696. The lowest BCUT2D eigenvalue weighted by Crippen LogP contribution is -2.23. The third-order valence-corrected chi connectivity index (χ3v) is 5.58. The van der Waals surface area contributed by atoms with Gasteiger partial charge in [0.15, 0.2) is 0 Å². The summed E-state index contributed by atoms with van der Waals surface area (Å²) in [5, 5.41) is 8.86. The molecule has 2 aromatic rings. The number of rotatable bonds is 5. The summed E-state index contributed by atoms with van der Waals surface area (Å²) in [6.45, 7) is -0.159. The number of carboxylic acids is 1. The highest BCUT2D eigenvalue weighted by Crippen LogP contribution is 2.34. The van der Waals surface area contributed by atoms with Crippen molar-refractivity contribution in [1.29, 1.82) is 0 Å². The van der Waals surface area contributed by atoms with Gasteiger partial charge in [0.2, 0.25) is 10.0 Å². The van der Waals surface area contributed by atoms with Gasteiger partial charge in [0.25, 0.3) is 0 Å². The highest BCUT2D eigenvalue weighted by molar-refractivity contribution is 7.89. The predicted molar refractivity (Wildman–Crippen MR) is 79.6 cm³/mol. The van der Waals surface area contributed by atoms with Crippen molar-refractivity contribution in [3.8, 4) is 0 Å². The van der Waals surface area contributed by atoms with Crippen LogP contribution >= 0.6 is 34.5 Å². The molecule has 0 fully saturated rings. The second-order valence-electron chi connectivity index (χ2n) is 3.85. The van der Waals surface area contributed by atoms with E-state index in [0.29, 0.717) is 0 Å². The fourth-order valence-electron chi connectivity index (χ4n) is 1.46. The lowest BCUT2D eigenvalue weighted by Gasteiger charge is -2.05. The van der Waals surface area contributed by atoms with Gasteiger partial charge in [0.1, 0.15) is 9.23 Å². The number of hydrogen-bond donors (Lipinski definition) is 2. The molecule has 0 spiro atoms. The van der Waals surface area contributed by atoms with Crippen LogP contribution in [0.1, 0.15) is 16.1 Å². The molecule has 0 radical (unpaired) electrons. The number of halogens is 2. The number of aromatic nitrogens is 1. The lowest BCUT2D eigenvalue weighted by atomic mass is 10.2. The first-order chi connectivity index (χ1) is 9.79. The summed E-state index contributed by atoms with van der Waals surface area (Å²) in [4.78, 5) is 14.6. The Morgan fingerprint density at radius 3 is 2.67 bits per heavy atom. The van der Waals surface area contributed by atoms with E-state index < -0.39 is 16.0 Å². The summed E-state index contributed by atoms with van der Waals surface area (Å²) in [5.41, 5.74) is 0.298. The second-order valence-corrected chi connectivity index (χ2v) is 7.87. The maximum atomic E-state index is 12.1. The van der Waals surface area contributed by atoms with Crippen LogP contribution < -0.4 is 4.72 Å². The molecule has 6 nitrogen and oxygen atoms in total. The zero-order valence-corrected chi connectivity index (χ0v) is 13.4. The Kier molecular flexibility index (Phi) is 4.84. The Morgan fingerprint density at radius 1 is 1.38 bits per heavy atom. The minimum absolute atomic E-state index is 0.0239. The van der Waals surface area contributed by atoms with Crippen molar-refractivity contribution in [2.75, 3.05) is 0 Å². The van der Waals surface area contributed by atoms with Gasteiger partial charge in [-0.15, -0.1) is 11.3 Å². The van der Waals surface area contributed by atoms with E-state index in [1.54, 1.807) is 0 Å². The number of thiophene rings is 1. The van der Waals surface area contributed by atoms with Crippen molar-refractivity contribution in [3.05, 3.63) is 44.3 Å². The van der Waals surface area contributed by atoms with Gasteiger partial charge in [-0.3, -0.25) is 4.98 Å². The molecule has 0 saturated carbocycles. The molecular formula is C11H8Cl2N2O4S2. The first-order valence-corrected chi connectivity index (χ1v) is 8.48. The van der Waals surface area contributed by atoms with Gasteiger partial charge in [0, 0.05) is 6.20 Å². The zero-order chi connectivity index (χ0) is 15.6.